The van der Waals surface area contributed by atoms with Crippen LogP contribution in [0, 0.1) is 5.41 Å². The van der Waals surface area contributed by atoms with Gasteiger partial charge in [0.05, 0.1) is 6.20 Å². The van der Waals surface area contributed by atoms with Gasteiger partial charge in [-0.1, -0.05) is 31.4 Å². The molecule has 17 heavy (non-hydrogen) atoms. The molecule has 3 nitrogen and oxygen atoms in total. The lowest BCUT2D eigenvalue weighted by Gasteiger charge is -2.28. The molecule has 0 atom stereocenters. The molecule has 1 saturated carbocycles. The molecule has 0 saturated heterocycles. The second-order valence-corrected chi connectivity index (χ2v) is 5.50. The van der Waals surface area contributed by atoms with Gasteiger partial charge >= 0.3 is 0 Å². The molecule has 1 N–H and O–H groups in total. The van der Waals surface area contributed by atoms with Crippen LogP contribution in [0.15, 0.2) is 6.20 Å². The summed E-state index contributed by atoms with van der Waals surface area (Å²) in [7, 11) is 0. The fourth-order valence-corrected chi connectivity index (χ4v) is 2.81. The average molecular weight is 274 g/mol. The minimum atomic E-state index is 0.230. The van der Waals surface area contributed by atoms with E-state index in [0.717, 1.165) is 6.54 Å². The van der Waals surface area contributed by atoms with Gasteiger partial charge in [0.15, 0.2) is 0 Å². The molecule has 0 bridgehead atoms. The fourth-order valence-electron chi connectivity index (χ4n) is 2.52. The topological polar surface area (TPSA) is 37.8 Å². The van der Waals surface area contributed by atoms with Crippen molar-refractivity contribution in [3.8, 4) is 0 Å². The van der Waals surface area contributed by atoms with E-state index in [1.165, 1.54) is 38.3 Å². The Labute approximate surface area is 112 Å². The van der Waals surface area contributed by atoms with Crippen molar-refractivity contribution >= 4 is 29.0 Å². The second-order valence-electron chi connectivity index (χ2n) is 4.75. The molecule has 0 amide bonds. The molecule has 0 aromatic carbocycles. The molecule has 1 heterocycles. The summed E-state index contributed by atoms with van der Waals surface area (Å²) in [5.74, 6) is 0.645. The molecule has 0 radical (unpaired) electrons. The first-order chi connectivity index (χ1) is 8.15. The van der Waals surface area contributed by atoms with E-state index in [9.17, 15) is 0 Å². The molecular weight excluding hydrogens is 257 g/mol. The summed E-state index contributed by atoms with van der Waals surface area (Å²) in [4.78, 5) is 7.95. The highest BCUT2D eigenvalue weighted by molar-refractivity contribution is 6.33. The number of rotatable bonds is 4. The highest BCUT2D eigenvalue weighted by Gasteiger charge is 2.31. The van der Waals surface area contributed by atoms with Crippen molar-refractivity contribution in [3.63, 3.8) is 0 Å². The lowest BCUT2D eigenvalue weighted by Crippen LogP contribution is -2.26. The first kappa shape index (κ1) is 12.9. The van der Waals surface area contributed by atoms with Gasteiger partial charge in [-0.05, 0) is 36.3 Å². The molecule has 0 aliphatic heterocycles. The molecule has 1 fully saturated rings. The molecule has 94 valence electrons. The Morgan fingerprint density at radius 1 is 1.35 bits per heavy atom. The molecule has 2 rings (SSSR count). The van der Waals surface area contributed by atoms with Gasteiger partial charge in [-0.25, -0.2) is 4.98 Å². The van der Waals surface area contributed by atoms with Gasteiger partial charge < -0.3 is 5.32 Å². The number of hydrogen-bond acceptors (Lipinski definition) is 3. The monoisotopic (exact) mass is 273 g/mol. The van der Waals surface area contributed by atoms with Gasteiger partial charge in [0.25, 0.3) is 0 Å². The Balaban J connectivity index is 2.03. The number of aromatic nitrogens is 2. The zero-order valence-corrected chi connectivity index (χ0v) is 11.5. The van der Waals surface area contributed by atoms with Crippen LogP contribution in [0.3, 0.4) is 0 Å². The zero-order valence-electron chi connectivity index (χ0n) is 9.97. The predicted molar refractivity (Wildman–Crippen MR) is 71.7 cm³/mol. The Hall–Kier alpha value is -0.540. The number of nitrogens with one attached hydrogen (secondary N) is 1. The minimum Gasteiger partial charge on any atom is -0.368 e. The fraction of sp³-hybridized carbons (Fsp3) is 0.667. The van der Waals surface area contributed by atoms with E-state index in [4.69, 9.17) is 23.2 Å². The van der Waals surface area contributed by atoms with E-state index >= 15 is 0 Å². The highest BCUT2D eigenvalue weighted by Crippen LogP contribution is 2.41. The molecule has 1 aliphatic carbocycles. The summed E-state index contributed by atoms with van der Waals surface area (Å²) in [5.41, 5.74) is 0.404. The van der Waals surface area contributed by atoms with Crippen molar-refractivity contribution in [1.29, 1.82) is 0 Å². The van der Waals surface area contributed by atoms with Gasteiger partial charge in [-0.3, -0.25) is 0 Å². The predicted octanol–water partition coefficient (Wildman–Crippen LogP) is 4.17. The third-order valence-corrected chi connectivity index (χ3v) is 4.22. The van der Waals surface area contributed by atoms with Crippen molar-refractivity contribution in [3.05, 3.63) is 16.5 Å². The lowest BCUT2D eigenvalue weighted by molar-refractivity contribution is 0.306. The van der Waals surface area contributed by atoms with E-state index in [0.29, 0.717) is 16.3 Å². The van der Waals surface area contributed by atoms with Gasteiger partial charge in [0.2, 0.25) is 5.28 Å². The zero-order chi connectivity index (χ0) is 12.3. The Morgan fingerprint density at radius 2 is 2.06 bits per heavy atom. The number of halogens is 2. The van der Waals surface area contributed by atoms with Crippen LogP contribution < -0.4 is 5.32 Å². The van der Waals surface area contributed by atoms with Crippen molar-refractivity contribution in [1.82, 2.24) is 9.97 Å². The van der Waals surface area contributed by atoms with Crippen LogP contribution in [0.2, 0.25) is 10.3 Å². The van der Waals surface area contributed by atoms with Crippen LogP contribution in [-0.4, -0.2) is 16.5 Å². The van der Waals surface area contributed by atoms with Gasteiger partial charge in [0.1, 0.15) is 10.8 Å². The summed E-state index contributed by atoms with van der Waals surface area (Å²) in [5, 5.41) is 4.08. The average Bonchev–Trinajstić information content (AvgIpc) is 2.80. The molecule has 1 aromatic heterocycles. The van der Waals surface area contributed by atoms with E-state index in [1.807, 2.05) is 0 Å². The van der Waals surface area contributed by atoms with Crippen LogP contribution >= 0.6 is 23.2 Å². The lowest BCUT2D eigenvalue weighted by atomic mass is 9.83. The van der Waals surface area contributed by atoms with Crippen molar-refractivity contribution in [2.45, 2.75) is 39.0 Å². The van der Waals surface area contributed by atoms with Gasteiger partial charge in [-0.15, -0.1) is 0 Å². The standard InChI is InChI=1S/C12H17Cl2N3/c1-2-12(5-3-4-6-12)8-16-10-9(13)7-15-11(14)17-10/h7H,2-6,8H2,1H3,(H,15,16,17). The second kappa shape index (κ2) is 5.40. The largest absolute Gasteiger partial charge is 0.368 e. The number of nitrogens with zero attached hydrogens (tertiary/aromatic N) is 2. The maximum absolute atomic E-state index is 6.02. The highest BCUT2D eigenvalue weighted by atomic mass is 35.5. The summed E-state index contributed by atoms with van der Waals surface area (Å²) < 4.78 is 0. The summed E-state index contributed by atoms with van der Waals surface area (Å²) in [6.45, 7) is 3.16. The van der Waals surface area contributed by atoms with Crippen LogP contribution in [0.1, 0.15) is 39.0 Å². The third-order valence-electron chi connectivity index (χ3n) is 3.76. The minimum absolute atomic E-state index is 0.230. The third kappa shape index (κ3) is 3.02. The Morgan fingerprint density at radius 3 is 2.71 bits per heavy atom. The smallest absolute Gasteiger partial charge is 0.224 e. The first-order valence-electron chi connectivity index (χ1n) is 6.07. The molecular formula is C12H17Cl2N3. The maximum atomic E-state index is 6.02. The Kier molecular flexibility index (Phi) is 4.10. The van der Waals surface area contributed by atoms with Gasteiger partial charge in [-0.2, -0.15) is 4.98 Å². The SMILES string of the molecule is CCC1(CNc2nc(Cl)ncc2Cl)CCCC1. The molecule has 0 spiro atoms. The van der Waals surface area contributed by atoms with E-state index < -0.39 is 0 Å². The van der Waals surface area contributed by atoms with Crippen molar-refractivity contribution in [2.75, 3.05) is 11.9 Å². The number of hydrogen-bond donors (Lipinski definition) is 1. The summed E-state index contributed by atoms with van der Waals surface area (Å²) in [6, 6.07) is 0. The van der Waals surface area contributed by atoms with Crippen molar-refractivity contribution in [2.24, 2.45) is 5.41 Å². The molecule has 1 aliphatic rings. The summed E-state index contributed by atoms with van der Waals surface area (Å²) >= 11 is 11.8. The van der Waals surface area contributed by atoms with E-state index in [1.54, 1.807) is 0 Å². The molecule has 0 unspecified atom stereocenters. The van der Waals surface area contributed by atoms with Crippen molar-refractivity contribution < 1.29 is 0 Å². The number of anilines is 1. The van der Waals surface area contributed by atoms with Crippen LogP contribution in [0.5, 0.6) is 0 Å². The normalized spacial score (nSPS) is 18.3. The Bertz CT molecular complexity index is 389. The van der Waals surface area contributed by atoms with Crippen LogP contribution in [-0.2, 0) is 0 Å². The van der Waals surface area contributed by atoms with E-state index in [-0.39, 0.29) is 5.28 Å². The first-order valence-corrected chi connectivity index (χ1v) is 6.83. The maximum Gasteiger partial charge on any atom is 0.224 e. The van der Waals surface area contributed by atoms with E-state index in [2.05, 4.69) is 22.2 Å². The van der Waals surface area contributed by atoms with Crippen LogP contribution in [0.4, 0.5) is 5.82 Å². The molecule has 1 aromatic rings. The molecule has 5 heteroatoms. The van der Waals surface area contributed by atoms with Gasteiger partial charge in [0, 0.05) is 6.54 Å². The summed E-state index contributed by atoms with van der Waals surface area (Å²) in [6.07, 6.45) is 7.95. The quantitative estimate of drug-likeness (QED) is 0.837. The van der Waals surface area contributed by atoms with Crippen LogP contribution in [0.25, 0.3) is 0 Å².